The van der Waals surface area contributed by atoms with E-state index in [1.165, 1.54) is 0 Å². The van der Waals surface area contributed by atoms with Gasteiger partial charge in [-0.05, 0) is 55.7 Å². The van der Waals surface area contributed by atoms with Crippen LogP contribution in [0.2, 0.25) is 0 Å². The summed E-state index contributed by atoms with van der Waals surface area (Å²) in [5, 5.41) is 3.02. The molecule has 3 rings (SSSR count). The molecule has 1 fully saturated rings. The van der Waals surface area contributed by atoms with E-state index in [0.29, 0.717) is 17.8 Å². The van der Waals surface area contributed by atoms with Crippen LogP contribution in [-0.4, -0.2) is 12.2 Å². The number of carbonyl (C=O) groups excluding carboxylic acids is 2. The molecule has 1 aliphatic rings. The van der Waals surface area contributed by atoms with E-state index in [-0.39, 0.29) is 11.8 Å². The Balaban J connectivity index is 1.76. The molecule has 0 aliphatic heterocycles. The van der Waals surface area contributed by atoms with Crippen molar-refractivity contribution in [3.8, 4) is 11.3 Å². The lowest BCUT2D eigenvalue weighted by molar-refractivity contribution is -0.119. The molecule has 4 heteroatoms. The van der Waals surface area contributed by atoms with Gasteiger partial charge in [-0.2, -0.15) is 0 Å². The number of rotatable bonds is 4. The first-order chi connectivity index (χ1) is 10.7. The standard InChI is InChI=1S/C18H19NO3/c1-12-10-14(17-9-7-15(11-20)22-17)6-8-16(12)19-18(21)13-4-2-3-5-13/h6-11,13H,2-5H2,1H3,(H,19,21). The number of benzene rings is 1. The van der Waals surface area contributed by atoms with E-state index in [2.05, 4.69) is 5.32 Å². The largest absolute Gasteiger partial charge is 0.453 e. The third-order valence-electron chi connectivity index (χ3n) is 4.24. The van der Waals surface area contributed by atoms with Crippen LogP contribution >= 0.6 is 0 Å². The van der Waals surface area contributed by atoms with Gasteiger partial charge >= 0.3 is 0 Å². The minimum Gasteiger partial charge on any atom is -0.453 e. The normalized spacial score (nSPS) is 15.0. The molecule has 4 nitrogen and oxygen atoms in total. The number of aldehydes is 1. The number of carbonyl (C=O) groups is 2. The van der Waals surface area contributed by atoms with Crippen LogP contribution in [0, 0.1) is 12.8 Å². The number of aryl methyl sites for hydroxylation is 1. The highest BCUT2D eigenvalue weighted by Gasteiger charge is 2.23. The molecule has 22 heavy (non-hydrogen) atoms. The molecule has 1 aromatic carbocycles. The van der Waals surface area contributed by atoms with E-state index >= 15 is 0 Å². The molecule has 0 radical (unpaired) electrons. The summed E-state index contributed by atoms with van der Waals surface area (Å²) in [6.45, 7) is 1.96. The van der Waals surface area contributed by atoms with Gasteiger partial charge in [0.25, 0.3) is 0 Å². The Hall–Kier alpha value is -2.36. The molecule has 0 spiro atoms. The Morgan fingerprint density at radius 2 is 2.00 bits per heavy atom. The van der Waals surface area contributed by atoms with Gasteiger partial charge in [-0.1, -0.05) is 12.8 Å². The van der Waals surface area contributed by atoms with E-state index in [9.17, 15) is 9.59 Å². The van der Waals surface area contributed by atoms with Crippen molar-refractivity contribution in [2.24, 2.45) is 5.92 Å². The van der Waals surface area contributed by atoms with Crippen molar-refractivity contribution < 1.29 is 14.0 Å². The molecule has 0 atom stereocenters. The first-order valence-corrected chi connectivity index (χ1v) is 7.64. The van der Waals surface area contributed by atoms with E-state index < -0.39 is 0 Å². The predicted octanol–water partition coefficient (Wildman–Crippen LogP) is 4.20. The number of nitrogens with one attached hydrogen (secondary N) is 1. The van der Waals surface area contributed by atoms with E-state index in [4.69, 9.17) is 4.42 Å². The summed E-state index contributed by atoms with van der Waals surface area (Å²) in [6.07, 6.45) is 4.96. The maximum Gasteiger partial charge on any atom is 0.227 e. The van der Waals surface area contributed by atoms with Crippen LogP contribution in [0.4, 0.5) is 5.69 Å². The van der Waals surface area contributed by atoms with Crippen molar-refractivity contribution in [2.75, 3.05) is 5.32 Å². The van der Waals surface area contributed by atoms with Gasteiger partial charge in [0.1, 0.15) is 5.76 Å². The van der Waals surface area contributed by atoms with Crippen LogP contribution < -0.4 is 5.32 Å². The summed E-state index contributed by atoms with van der Waals surface area (Å²) in [5.41, 5.74) is 2.71. The molecule has 1 aliphatic carbocycles. The van der Waals surface area contributed by atoms with Crippen molar-refractivity contribution >= 4 is 17.9 Å². The van der Waals surface area contributed by atoms with Crippen molar-refractivity contribution in [3.63, 3.8) is 0 Å². The Morgan fingerprint density at radius 1 is 1.23 bits per heavy atom. The van der Waals surface area contributed by atoms with E-state index in [1.807, 2.05) is 25.1 Å². The van der Waals surface area contributed by atoms with Gasteiger partial charge in [-0.15, -0.1) is 0 Å². The Bertz CT molecular complexity index is 696. The van der Waals surface area contributed by atoms with Crippen molar-refractivity contribution in [3.05, 3.63) is 41.7 Å². The zero-order valence-electron chi connectivity index (χ0n) is 12.6. The van der Waals surface area contributed by atoms with Gasteiger partial charge in [-0.25, -0.2) is 0 Å². The third-order valence-corrected chi connectivity index (χ3v) is 4.24. The zero-order valence-corrected chi connectivity index (χ0v) is 12.6. The first kappa shape index (κ1) is 14.6. The second-order valence-corrected chi connectivity index (χ2v) is 5.82. The van der Waals surface area contributed by atoms with Crippen molar-refractivity contribution in [1.29, 1.82) is 0 Å². The lowest BCUT2D eigenvalue weighted by Gasteiger charge is -2.13. The predicted molar refractivity (Wildman–Crippen MR) is 84.9 cm³/mol. The van der Waals surface area contributed by atoms with Gasteiger partial charge in [-0.3, -0.25) is 9.59 Å². The molecule has 0 bridgehead atoms. The molecule has 114 valence electrons. The average molecular weight is 297 g/mol. The fourth-order valence-corrected chi connectivity index (χ4v) is 2.95. The lowest BCUT2D eigenvalue weighted by atomic mass is 10.1. The Morgan fingerprint density at radius 3 is 2.64 bits per heavy atom. The monoisotopic (exact) mass is 297 g/mol. The molecule has 1 heterocycles. The van der Waals surface area contributed by atoms with Crippen LogP contribution in [0.15, 0.2) is 34.7 Å². The molecule has 0 unspecified atom stereocenters. The maximum absolute atomic E-state index is 12.2. The Labute approximate surface area is 129 Å². The summed E-state index contributed by atoms with van der Waals surface area (Å²) in [6, 6.07) is 9.16. The van der Waals surface area contributed by atoms with Gasteiger partial charge in [0, 0.05) is 17.2 Å². The number of amides is 1. The zero-order chi connectivity index (χ0) is 15.5. The van der Waals surface area contributed by atoms with Crippen LogP contribution in [0.3, 0.4) is 0 Å². The first-order valence-electron chi connectivity index (χ1n) is 7.64. The fraction of sp³-hybridized carbons (Fsp3) is 0.333. The summed E-state index contributed by atoms with van der Waals surface area (Å²) in [4.78, 5) is 22.9. The van der Waals surface area contributed by atoms with Crippen LogP contribution in [0.5, 0.6) is 0 Å². The summed E-state index contributed by atoms with van der Waals surface area (Å²) < 4.78 is 5.42. The molecular weight excluding hydrogens is 278 g/mol. The molecule has 2 aromatic rings. The average Bonchev–Trinajstić information content (AvgIpc) is 3.20. The highest BCUT2D eigenvalue weighted by molar-refractivity contribution is 5.93. The minimum atomic E-state index is 0.120. The molecule has 0 saturated heterocycles. The van der Waals surface area contributed by atoms with Crippen LogP contribution in [-0.2, 0) is 4.79 Å². The Kier molecular flexibility index (Phi) is 4.09. The highest BCUT2D eigenvalue weighted by Crippen LogP contribution is 2.29. The van der Waals surface area contributed by atoms with E-state index in [1.54, 1.807) is 12.1 Å². The summed E-state index contributed by atoms with van der Waals surface area (Å²) in [5.74, 6) is 1.24. The second kappa shape index (κ2) is 6.18. The van der Waals surface area contributed by atoms with Crippen molar-refractivity contribution in [2.45, 2.75) is 32.6 Å². The quantitative estimate of drug-likeness (QED) is 0.860. The van der Waals surface area contributed by atoms with Gasteiger partial charge in [0.05, 0.1) is 0 Å². The van der Waals surface area contributed by atoms with Crippen molar-refractivity contribution in [1.82, 2.24) is 0 Å². The summed E-state index contributed by atoms with van der Waals surface area (Å²) >= 11 is 0. The molecule has 1 N–H and O–H groups in total. The van der Waals surface area contributed by atoms with Crippen LogP contribution in [0.1, 0.15) is 41.8 Å². The number of furan rings is 1. The second-order valence-electron chi connectivity index (χ2n) is 5.82. The van der Waals surface area contributed by atoms with Crippen LogP contribution in [0.25, 0.3) is 11.3 Å². The van der Waals surface area contributed by atoms with Gasteiger partial charge in [0.15, 0.2) is 12.0 Å². The van der Waals surface area contributed by atoms with E-state index in [0.717, 1.165) is 42.5 Å². The van der Waals surface area contributed by atoms with Gasteiger partial charge in [0.2, 0.25) is 5.91 Å². The SMILES string of the molecule is Cc1cc(-c2ccc(C=O)o2)ccc1NC(=O)C1CCCC1. The lowest BCUT2D eigenvalue weighted by Crippen LogP contribution is -2.20. The molecule has 1 saturated carbocycles. The maximum atomic E-state index is 12.2. The molecular formula is C18H19NO3. The molecule has 1 aromatic heterocycles. The third kappa shape index (κ3) is 2.96. The summed E-state index contributed by atoms with van der Waals surface area (Å²) in [7, 11) is 0. The topological polar surface area (TPSA) is 59.3 Å². The minimum absolute atomic E-state index is 0.120. The highest BCUT2D eigenvalue weighted by atomic mass is 16.3. The number of hydrogen-bond donors (Lipinski definition) is 1. The van der Waals surface area contributed by atoms with Gasteiger partial charge < -0.3 is 9.73 Å². The fourth-order valence-electron chi connectivity index (χ4n) is 2.95. The smallest absolute Gasteiger partial charge is 0.227 e. The number of anilines is 1. The number of hydrogen-bond acceptors (Lipinski definition) is 3. The molecule has 1 amide bonds.